The largest absolute Gasteiger partial charge is 0.381 e. The fourth-order valence-electron chi connectivity index (χ4n) is 3.32. The second-order valence-corrected chi connectivity index (χ2v) is 6.05. The third-order valence-electron chi connectivity index (χ3n) is 4.46. The Kier molecular flexibility index (Phi) is 4.17. The van der Waals surface area contributed by atoms with Gasteiger partial charge in [-0.15, -0.1) is 0 Å². The minimum absolute atomic E-state index is 0.220. The van der Waals surface area contributed by atoms with E-state index in [9.17, 15) is 4.79 Å². The van der Waals surface area contributed by atoms with E-state index >= 15 is 0 Å². The lowest BCUT2D eigenvalue weighted by atomic mass is 10.0. The van der Waals surface area contributed by atoms with Gasteiger partial charge in [-0.1, -0.05) is 0 Å². The van der Waals surface area contributed by atoms with Gasteiger partial charge in [0, 0.05) is 38.9 Å². The van der Waals surface area contributed by atoms with E-state index in [1.54, 1.807) is 10.9 Å². The average Bonchev–Trinajstić information content (AvgIpc) is 3.13. The van der Waals surface area contributed by atoms with Gasteiger partial charge in [0.1, 0.15) is 0 Å². The lowest BCUT2D eigenvalue weighted by Gasteiger charge is -2.26. The topological polar surface area (TPSA) is 47.4 Å². The molecular weight excluding hydrogens is 254 g/mol. The Balaban J connectivity index is 1.56. The fraction of sp³-hybridized carbons (Fsp3) is 0.733. The van der Waals surface area contributed by atoms with Crippen molar-refractivity contribution in [1.82, 2.24) is 14.7 Å². The summed E-state index contributed by atoms with van der Waals surface area (Å²) >= 11 is 0. The Morgan fingerprint density at radius 1 is 1.50 bits per heavy atom. The van der Waals surface area contributed by atoms with Crippen LogP contribution in [0.4, 0.5) is 0 Å². The lowest BCUT2D eigenvalue weighted by molar-refractivity contribution is 0.0930. The minimum Gasteiger partial charge on any atom is -0.381 e. The number of Topliss-reactive ketones (excluding diaryl/α,β-unsaturated/α-hetero) is 1. The quantitative estimate of drug-likeness (QED) is 0.765. The van der Waals surface area contributed by atoms with Crippen LogP contribution >= 0.6 is 0 Å². The molecule has 3 rings (SSSR count). The van der Waals surface area contributed by atoms with Gasteiger partial charge < -0.3 is 4.74 Å². The highest BCUT2D eigenvalue weighted by Gasteiger charge is 2.30. The molecule has 2 aliphatic rings. The number of carbonyl (C=O) groups is 1. The molecule has 0 amide bonds. The summed E-state index contributed by atoms with van der Waals surface area (Å²) in [5.74, 6) is 0.877. The lowest BCUT2D eigenvalue weighted by Crippen LogP contribution is -2.35. The number of ketones is 1. The highest BCUT2D eigenvalue weighted by atomic mass is 16.5. The summed E-state index contributed by atoms with van der Waals surface area (Å²) in [6, 6.07) is 0.406. The van der Waals surface area contributed by atoms with Crippen molar-refractivity contribution in [2.24, 2.45) is 13.0 Å². The van der Waals surface area contributed by atoms with E-state index in [-0.39, 0.29) is 5.78 Å². The van der Waals surface area contributed by atoms with Gasteiger partial charge in [0.05, 0.1) is 18.4 Å². The molecule has 0 aromatic carbocycles. The number of carbonyl (C=O) groups excluding carboxylic acids is 1. The number of hydrogen-bond acceptors (Lipinski definition) is 4. The molecule has 2 saturated heterocycles. The van der Waals surface area contributed by atoms with E-state index in [1.807, 2.05) is 13.2 Å². The molecule has 0 N–H and O–H groups in total. The molecule has 0 radical (unpaired) electrons. The van der Waals surface area contributed by atoms with Crippen LogP contribution in [0.5, 0.6) is 0 Å². The van der Waals surface area contributed by atoms with Gasteiger partial charge in [-0.05, 0) is 31.7 Å². The van der Waals surface area contributed by atoms with Gasteiger partial charge in [-0.25, -0.2) is 0 Å². The summed E-state index contributed by atoms with van der Waals surface area (Å²) in [7, 11) is 1.85. The second-order valence-electron chi connectivity index (χ2n) is 6.05. The number of ether oxygens (including phenoxy) is 1. The molecule has 3 heterocycles. The molecule has 0 bridgehead atoms. The molecule has 20 heavy (non-hydrogen) atoms. The Labute approximate surface area is 119 Å². The van der Waals surface area contributed by atoms with Crippen molar-refractivity contribution in [3.05, 3.63) is 18.0 Å². The zero-order valence-corrected chi connectivity index (χ0v) is 12.1. The van der Waals surface area contributed by atoms with Gasteiger partial charge in [-0.3, -0.25) is 14.4 Å². The summed E-state index contributed by atoms with van der Waals surface area (Å²) in [6.07, 6.45) is 7.62. The van der Waals surface area contributed by atoms with E-state index in [4.69, 9.17) is 4.74 Å². The average molecular weight is 277 g/mol. The Morgan fingerprint density at radius 3 is 3.10 bits per heavy atom. The Bertz CT molecular complexity index is 465. The van der Waals surface area contributed by atoms with Crippen molar-refractivity contribution in [2.45, 2.75) is 31.7 Å². The van der Waals surface area contributed by atoms with E-state index in [1.165, 1.54) is 12.8 Å². The molecule has 5 nitrogen and oxygen atoms in total. The molecule has 2 fully saturated rings. The van der Waals surface area contributed by atoms with Crippen LogP contribution in [-0.2, 0) is 11.8 Å². The highest BCUT2D eigenvalue weighted by molar-refractivity contribution is 5.96. The Morgan fingerprint density at radius 2 is 2.40 bits per heavy atom. The third-order valence-corrected chi connectivity index (χ3v) is 4.46. The normalized spacial score (nSPS) is 27.2. The van der Waals surface area contributed by atoms with Gasteiger partial charge in [0.25, 0.3) is 0 Å². The predicted molar refractivity (Wildman–Crippen MR) is 75.7 cm³/mol. The fourth-order valence-corrected chi connectivity index (χ4v) is 3.32. The molecular formula is C15H23N3O2. The van der Waals surface area contributed by atoms with Crippen LogP contribution in [0.3, 0.4) is 0 Å². The van der Waals surface area contributed by atoms with E-state index < -0.39 is 0 Å². The van der Waals surface area contributed by atoms with E-state index in [2.05, 4.69) is 10.00 Å². The molecule has 2 aliphatic heterocycles. The van der Waals surface area contributed by atoms with Crippen LogP contribution in [-0.4, -0.2) is 52.8 Å². The van der Waals surface area contributed by atoms with Crippen LogP contribution in [0, 0.1) is 5.92 Å². The first kappa shape index (κ1) is 13.8. The minimum atomic E-state index is 0.220. The van der Waals surface area contributed by atoms with Crippen molar-refractivity contribution in [1.29, 1.82) is 0 Å². The number of rotatable bonds is 5. The van der Waals surface area contributed by atoms with Crippen LogP contribution in [0.25, 0.3) is 0 Å². The Hall–Kier alpha value is -1.20. The van der Waals surface area contributed by atoms with E-state index in [0.29, 0.717) is 18.4 Å². The SMILES string of the molecule is Cn1cc(C(=O)C[C@@H]2CCCN2C[C@H]2CCOC2)cn1. The number of aromatic nitrogens is 2. The maximum absolute atomic E-state index is 12.3. The van der Waals surface area contributed by atoms with Gasteiger partial charge >= 0.3 is 0 Å². The number of aryl methyl sites for hydroxylation is 1. The number of hydrogen-bond donors (Lipinski definition) is 0. The summed E-state index contributed by atoms with van der Waals surface area (Å²) in [5.41, 5.74) is 0.739. The van der Waals surface area contributed by atoms with Crippen molar-refractivity contribution in [2.75, 3.05) is 26.3 Å². The molecule has 1 aromatic rings. The summed E-state index contributed by atoms with van der Waals surface area (Å²) in [5, 5.41) is 4.08. The van der Waals surface area contributed by atoms with Gasteiger partial charge in [-0.2, -0.15) is 5.10 Å². The molecule has 0 saturated carbocycles. The van der Waals surface area contributed by atoms with Crippen LogP contribution in [0.1, 0.15) is 36.0 Å². The van der Waals surface area contributed by atoms with Crippen LogP contribution in [0.15, 0.2) is 12.4 Å². The predicted octanol–water partition coefficient (Wildman–Crippen LogP) is 1.49. The first-order valence-electron chi connectivity index (χ1n) is 7.56. The summed E-state index contributed by atoms with van der Waals surface area (Å²) < 4.78 is 7.14. The summed E-state index contributed by atoms with van der Waals surface area (Å²) in [6.45, 7) is 4.00. The second kappa shape index (κ2) is 6.06. The highest BCUT2D eigenvalue weighted by Crippen LogP contribution is 2.25. The van der Waals surface area contributed by atoms with Crippen molar-refractivity contribution < 1.29 is 9.53 Å². The monoisotopic (exact) mass is 277 g/mol. The van der Waals surface area contributed by atoms with E-state index in [0.717, 1.165) is 38.3 Å². The first-order valence-corrected chi connectivity index (χ1v) is 7.56. The van der Waals surface area contributed by atoms with Crippen LogP contribution < -0.4 is 0 Å². The van der Waals surface area contributed by atoms with Crippen molar-refractivity contribution in [3.8, 4) is 0 Å². The smallest absolute Gasteiger partial charge is 0.167 e. The van der Waals surface area contributed by atoms with Crippen LogP contribution in [0.2, 0.25) is 0 Å². The van der Waals surface area contributed by atoms with Crippen molar-refractivity contribution in [3.63, 3.8) is 0 Å². The standard InChI is InChI=1S/C15H23N3O2/c1-17-10-13(8-16-17)15(19)7-14-3-2-5-18(14)9-12-4-6-20-11-12/h8,10,12,14H,2-7,9,11H2,1H3/t12-,14+/m1/s1. The maximum Gasteiger partial charge on any atom is 0.167 e. The zero-order chi connectivity index (χ0) is 13.9. The first-order chi connectivity index (χ1) is 9.72. The number of likely N-dealkylation sites (tertiary alicyclic amines) is 1. The molecule has 5 heteroatoms. The maximum atomic E-state index is 12.3. The zero-order valence-electron chi connectivity index (χ0n) is 12.1. The van der Waals surface area contributed by atoms with Crippen molar-refractivity contribution >= 4 is 5.78 Å². The molecule has 110 valence electrons. The molecule has 1 aromatic heterocycles. The third kappa shape index (κ3) is 3.10. The molecule has 2 atom stereocenters. The molecule has 0 aliphatic carbocycles. The van der Waals surface area contributed by atoms with Gasteiger partial charge in [0.2, 0.25) is 0 Å². The molecule has 0 unspecified atom stereocenters. The van der Waals surface area contributed by atoms with Gasteiger partial charge in [0.15, 0.2) is 5.78 Å². The molecule has 0 spiro atoms. The summed E-state index contributed by atoms with van der Waals surface area (Å²) in [4.78, 5) is 14.8. The number of nitrogens with zero attached hydrogens (tertiary/aromatic N) is 3.